The lowest BCUT2D eigenvalue weighted by molar-refractivity contribution is -0.383. The highest BCUT2D eigenvalue weighted by molar-refractivity contribution is 5.73. The van der Waals surface area contributed by atoms with Crippen molar-refractivity contribution in [3.05, 3.63) is 58.6 Å². The highest BCUT2D eigenvalue weighted by Gasteiger charge is 2.13. The zero-order valence-corrected chi connectivity index (χ0v) is 9.38. The van der Waals surface area contributed by atoms with Gasteiger partial charge >= 0.3 is 0 Å². The Morgan fingerprint density at radius 2 is 1.76 bits per heavy atom. The maximum Gasteiger partial charge on any atom is 0.292 e. The Morgan fingerprint density at radius 3 is 2.35 bits per heavy atom. The van der Waals surface area contributed by atoms with Crippen LogP contribution >= 0.6 is 0 Å². The minimum atomic E-state index is -0.388. The summed E-state index contributed by atoms with van der Waals surface area (Å²) < 4.78 is 0. The molecule has 86 valence electrons. The number of nitro groups is 1. The first-order valence-corrected chi connectivity index (χ1v) is 5.24. The van der Waals surface area contributed by atoms with Crippen molar-refractivity contribution in [1.82, 2.24) is 0 Å². The number of hydrogen-bond donors (Lipinski definition) is 1. The number of nitrogens with one attached hydrogen (secondary N) is 1. The van der Waals surface area contributed by atoms with Gasteiger partial charge in [0.05, 0.1) is 4.92 Å². The van der Waals surface area contributed by atoms with Gasteiger partial charge in [-0.15, -0.1) is 0 Å². The molecule has 4 nitrogen and oxygen atoms in total. The van der Waals surface area contributed by atoms with E-state index < -0.39 is 0 Å². The largest absolute Gasteiger partial charge is 0.383 e. The van der Waals surface area contributed by atoms with Crippen molar-refractivity contribution < 1.29 is 4.92 Å². The summed E-state index contributed by atoms with van der Waals surface area (Å²) in [6, 6.07) is 14.8. The van der Waals surface area contributed by atoms with E-state index in [1.807, 2.05) is 30.3 Å². The second-order valence-electron chi connectivity index (χ2n) is 3.61. The van der Waals surface area contributed by atoms with Crippen molar-refractivity contribution in [1.29, 1.82) is 0 Å². The van der Waals surface area contributed by atoms with Crippen molar-refractivity contribution >= 4 is 11.4 Å². The lowest BCUT2D eigenvalue weighted by Gasteiger charge is -2.06. The van der Waals surface area contributed by atoms with Crippen LogP contribution in [0.5, 0.6) is 0 Å². The molecule has 0 aliphatic heterocycles. The molecule has 2 aromatic carbocycles. The summed E-state index contributed by atoms with van der Waals surface area (Å²) in [5, 5.41) is 13.6. The van der Waals surface area contributed by atoms with Crippen molar-refractivity contribution in [3.8, 4) is 11.1 Å². The molecular formula is C13H12N2O2. The number of benzene rings is 2. The van der Waals surface area contributed by atoms with E-state index in [1.165, 1.54) is 6.07 Å². The van der Waals surface area contributed by atoms with E-state index in [-0.39, 0.29) is 10.6 Å². The van der Waals surface area contributed by atoms with Crippen molar-refractivity contribution in [2.24, 2.45) is 0 Å². The van der Waals surface area contributed by atoms with E-state index in [4.69, 9.17) is 0 Å². The van der Waals surface area contributed by atoms with E-state index in [1.54, 1.807) is 19.2 Å². The van der Waals surface area contributed by atoms with Crippen LogP contribution in [0.3, 0.4) is 0 Å². The molecule has 4 heteroatoms. The highest BCUT2D eigenvalue weighted by atomic mass is 16.6. The van der Waals surface area contributed by atoms with E-state index >= 15 is 0 Å². The fraction of sp³-hybridized carbons (Fsp3) is 0.0769. The third-order valence-corrected chi connectivity index (χ3v) is 2.57. The molecule has 17 heavy (non-hydrogen) atoms. The second kappa shape index (κ2) is 4.65. The van der Waals surface area contributed by atoms with Gasteiger partial charge < -0.3 is 5.32 Å². The first-order chi connectivity index (χ1) is 8.22. The topological polar surface area (TPSA) is 55.2 Å². The Hall–Kier alpha value is -2.36. The molecule has 0 aliphatic carbocycles. The van der Waals surface area contributed by atoms with Crippen LogP contribution in [0.2, 0.25) is 0 Å². The van der Waals surface area contributed by atoms with Gasteiger partial charge in [0.2, 0.25) is 0 Å². The summed E-state index contributed by atoms with van der Waals surface area (Å²) in [7, 11) is 1.68. The predicted molar refractivity (Wildman–Crippen MR) is 68.1 cm³/mol. The van der Waals surface area contributed by atoms with Gasteiger partial charge in [-0.2, -0.15) is 0 Å². The highest BCUT2D eigenvalue weighted by Crippen LogP contribution is 2.29. The molecule has 0 heterocycles. The molecule has 0 radical (unpaired) electrons. The van der Waals surface area contributed by atoms with Gasteiger partial charge in [-0.1, -0.05) is 30.3 Å². The first kappa shape index (κ1) is 11.1. The van der Waals surface area contributed by atoms with Crippen molar-refractivity contribution in [2.45, 2.75) is 0 Å². The monoisotopic (exact) mass is 228 g/mol. The number of anilines is 1. The molecule has 0 saturated carbocycles. The minimum Gasteiger partial charge on any atom is -0.383 e. The van der Waals surface area contributed by atoms with E-state index in [2.05, 4.69) is 5.32 Å². The average Bonchev–Trinajstić information content (AvgIpc) is 2.39. The summed E-state index contributed by atoms with van der Waals surface area (Å²) in [5.74, 6) is 0. The van der Waals surface area contributed by atoms with Crippen LogP contribution in [0.1, 0.15) is 0 Å². The molecule has 2 aromatic rings. The third kappa shape index (κ3) is 2.25. The molecule has 0 bridgehead atoms. The number of hydrogen-bond acceptors (Lipinski definition) is 3. The normalized spacial score (nSPS) is 9.94. The van der Waals surface area contributed by atoms with Crippen LogP contribution in [0.25, 0.3) is 11.1 Å². The maximum absolute atomic E-state index is 10.8. The smallest absolute Gasteiger partial charge is 0.292 e. The Balaban J connectivity index is 2.49. The summed E-state index contributed by atoms with van der Waals surface area (Å²) >= 11 is 0. The number of nitrogens with zero attached hydrogens (tertiary/aromatic N) is 1. The molecule has 0 unspecified atom stereocenters. The summed E-state index contributed by atoms with van der Waals surface area (Å²) in [4.78, 5) is 10.4. The molecule has 1 N–H and O–H groups in total. The zero-order chi connectivity index (χ0) is 12.3. The van der Waals surface area contributed by atoms with Gasteiger partial charge in [-0.3, -0.25) is 10.1 Å². The molecule has 0 fully saturated rings. The van der Waals surface area contributed by atoms with E-state index in [9.17, 15) is 10.1 Å². The lowest BCUT2D eigenvalue weighted by Crippen LogP contribution is -1.96. The van der Waals surface area contributed by atoms with Crippen molar-refractivity contribution in [2.75, 3.05) is 12.4 Å². The van der Waals surface area contributed by atoms with Gasteiger partial charge in [-0.05, 0) is 23.3 Å². The molecule has 0 aromatic heterocycles. The summed E-state index contributed by atoms with van der Waals surface area (Å²) in [5.41, 5.74) is 2.61. The van der Waals surface area contributed by atoms with E-state index in [0.717, 1.165) is 11.1 Å². The van der Waals surface area contributed by atoms with Crippen LogP contribution in [0.4, 0.5) is 11.4 Å². The quantitative estimate of drug-likeness (QED) is 0.647. The first-order valence-electron chi connectivity index (χ1n) is 5.24. The molecule has 0 saturated heterocycles. The van der Waals surface area contributed by atoms with Gasteiger partial charge in [-0.25, -0.2) is 0 Å². The standard InChI is InChI=1S/C13H12N2O2/c1-14-12-9-11(7-8-13(12)15(16)17)10-5-3-2-4-6-10/h2-9,14H,1H3. The van der Waals surface area contributed by atoms with Gasteiger partial charge in [0.15, 0.2) is 0 Å². The Morgan fingerprint density at radius 1 is 1.06 bits per heavy atom. The summed E-state index contributed by atoms with van der Waals surface area (Å²) in [6.07, 6.45) is 0. The van der Waals surface area contributed by atoms with E-state index in [0.29, 0.717) is 5.69 Å². The average molecular weight is 228 g/mol. The minimum absolute atomic E-state index is 0.0900. The van der Waals surface area contributed by atoms with Gasteiger partial charge in [0.25, 0.3) is 5.69 Å². The van der Waals surface area contributed by atoms with Gasteiger partial charge in [0, 0.05) is 13.1 Å². The Bertz CT molecular complexity index is 538. The van der Waals surface area contributed by atoms with Crippen LogP contribution in [-0.4, -0.2) is 12.0 Å². The second-order valence-corrected chi connectivity index (χ2v) is 3.61. The Labute approximate surface area is 99.1 Å². The van der Waals surface area contributed by atoms with Crippen molar-refractivity contribution in [3.63, 3.8) is 0 Å². The molecule has 0 amide bonds. The fourth-order valence-electron chi connectivity index (χ4n) is 1.71. The third-order valence-electron chi connectivity index (χ3n) is 2.57. The molecular weight excluding hydrogens is 216 g/mol. The zero-order valence-electron chi connectivity index (χ0n) is 9.38. The Kier molecular flexibility index (Phi) is 3.05. The maximum atomic E-state index is 10.8. The molecule has 0 atom stereocenters. The van der Waals surface area contributed by atoms with Crippen LogP contribution in [0.15, 0.2) is 48.5 Å². The fourth-order valence-corrected chi connectivity index (χ4v) is 1.71. The summed E-state index contributed by atoms with van der Waals surface area (Å²) in [6.45, 7) is 0. The lowest BCUT2D eigenvalue weighted by atomic mass is 10.0. The van der Waals surface area contributed by atoms with Gasteiger partial charge in [0.1, 0.15) is 5.69 Å². The van der Waals surface area contributed by atoms with Crippen LogP contribution in [-0.2, 0) is 0 Å². The predicted octanol–water partition coefficient (Wildman–Crippen LogP) is 3.30. The van der Waals surface area contributed by atoms with Crippen LogP contribution in [0, 0.1) is 10.1 Å². The molecule has 2 rings (SSSR count). The number of nitro benzene ring substituents is 1. The SMILES string of the molecule is CNc1cc(-c2ccccc2)ccc1[N+](=O)[O-]. The molecule has 0 aliphatic rings. The number of rotatable bonds is 3. The van der Waals surface area contributed by atoms with Crippen LogP contribution < -0.4 is 5.32 Å². The molecule has 0 spiro atoms.